The van der Waals surface area contributed by atoms with Crippen molar-refractivity contribution >= 4 is 47.1 Å². The summed E-state index contributed by atoms with van der Waals surface area (Å²) >= 11 is 6.96. The van der Waals surface area contributed by atoms with Gasteiger partial charge < -0.3 is 11.2 Å². The van der Waals surface area contributed by atoms with Gasteiger partial charge >= 0.3 is 0 Å². The zero-order chi connectivity index (χ0) is 20.8. The minimum absolute atomic E-state index is 0.122. The lowest BCUT2D eigenvalue weighted by Crippen LogP contribution is -2.18. The zero-order valence-corrected chi connectivity index (χ0v) is 16.2. The number of aromatic nitrogens is 3. The van der Waals surface area contributed by atoms with E-state index in [2.05, 4.69) is 26.0 Å². The molecule has 0 fully saturated rings. The van der Waals surface area contributed by atoms with Gasteiger partial charge in [-0.25, -0.2) is 18.9 Å². The van der Waals surface area contributed by atoms with Gasteiger partial charge in [0, 0.05) is 10.6 Å². The molecule has 0 aliphatic heterocycles. The highest BCUT2D eigenvalue weighted by atomic mass is 35.5. The summed E-state index contributed by atoms with van der Waals surface area (Å²) in [6.07, 6.45) is 1.49. The van der Waals surface area contributed by atoms with E-state index in [0.717, 1.165) is 28.6 Å². The maximum Gasteiger partial charge on any atom is 0.264 e. The van der Waals surface area contributed by atoms with Gasteiger partial charge in [0.15, 0.2) is 0 Å². The normalized spacial score (nSPS) is 11.0. The van der Waals surface area contributed by atoms with Gasteiger partial charge in [-0.05, 0) is 18.2 Å². The second-order valence-corrected chi connectivity index (χ2v) is 6.85. The number of amides is 1. The topological polar surface area (TPSA) is 110 Å². The van der Waals surface area contributed by atoms with Crippen LogP contribution in [0.4, 0.5) is 20.4 Å². The summed E-state index contributed by atoms with van der Waals surface area (Å²) < 4.78 is 28.2. The predicted octanol–water partition coefficient (Wildman–Crippen LogP) is 3.10. The van der Waals surface area contributed by atoms with Gasteiger partial charge in [-0.1, -0.05) is 47.6 Å². The number of nitrogen functional groups attached to an aromatic ring is 1. The molecule has 1 aromatic heterocycles. The Labute approximate surface area is 173 Å². The first-order chi connectivity index (χ1) is 14.0. The number of carbonyl (C=O) groups is 1. The summed E-state index contributed by atoms with van der Waals surface area (Å²) in [5.41, 5.74) is 2.79. The number of nitrogens with one attached hydrogen (secondary N) is 2. The van der Waals surface area contributed by atoms with Crippen molar-refractivity contribution in [2.45, 2.75) is 5.16 Å². The lowest BCUT2D eigenvalue weighted by molar-refractivity contribution is -0.113. The molecule has 1 heterocycles. The summed E-state index contributed by atoms with van der Waals surface area (Å²) in [6, 6.07) is 10.4. The Bertz CT molecular complexity index is 1040. The number of para-hydroxylation sites is 1. The van der Waals surface area contributed by atoms with Crippen LogP contribution in [-0.2, 0) is 4.79 Å². The molecule has 3 aromatic rings. The van der Waals surface area contributed by atoms with E-state index in [1.165, 1.54) is 12.3 Å². The van der Waals surface area contributed by atoms with Crippen molar-refractivity contribution < 1.29 is 13.6 Å². The molecule has 4 N–H and O–H groups in total. The van der Waals surface area contributed by atoms with Crippen molar-refractivity contribution in [1.82, 2.24) is 14.9 Å². The van der Waals surface area contributed by atoms with Gasteiger partial charge in [0.2, 0.25) is 11.1 Å². The minimum atomic E-state index is -0.867. The SMILES string of the molecule is Nn1c(N/N=C/c2ccccc2Cl)nnc1SCC(=O)Nc1c(F)cccc1F. The molecule has 0 radical (unpaired) electrons. The Morgan fingerprint density at radius 2 is 1.93 bits per heavy atom. The average Bonchev–Trinajstić information content (AvgIpc) is 3.04. The van der Waals surface area contributed by atoms with Crippen molar-refractivity contribution in [3.05, 3.63) is 64.7 Å². The highest BCUT2D eigenvalue weighted by Gasteiger charge is 2.15. The van der Waals surface area contributed by atoms with E-state index in [1.54, 1.807) is 18.2 Å². The number of nitrogens with two attached hydrogens (primary N) is 1. The number of rotatable bonds is 7. The van der Waals surface area contributed by atoms with Crippen molar-refractivity contribution in [2.24, 2.45) is 5.10 Å². The molecular formula is C17H14ClF2N7OS. The highest BCUT2D eigenvalue weighted by Crippen LogP contribution is 2.20. The molecule has 1 amide bonds. The third kappa shape index (κ3) is 5.21. The van der Waals surface area contributed by atoms with Crippen LogP contribution < -0.4 is 16.6 Å². The maximum absolute atomic E-state index is 13.6. The van der Waals surface area contributed by atoms with Crippen LogP contribution in [0.2, 0.25) is 5.02 Å². The molecular weight excluding hydrogens is 424 g/mol. The van der Waals surface area contributed by atoms with Gasteiger partial charge in [0.25, 0.3) is 5.95 Å². The van der Waals surface area contributed by atoms with E-state index >= 15 is 0 Å². The number of hydrazone groups is 1. The predicted molar refractivity (Wildman–Crippen MR) is 109 cm³/mol. The van der Waals surface area contributed by atoms with Crippen molar-refractivity contribution in [1.29, 1.82) is 0 Å². The number of benzene rings is 2. The smallest absolute Gasteiger partial charge is 0.264 e. The number of nitrogens with zero attached hydrogens (tertiary/aromatic N) is 4. The van der Waals surface area contributed by atoms with Gasteiger partial charge in [-0.15, -0.1) is 10.2 Å². The maximum atomic E-state index is 13.6. The Morgan fingerprint density at radius 3 is 2.66 bits per heavy atom. The zero-order valence-electron chi connectivity index (χ0n) is 14.6. The van der Waals surface area contributed by atoms with Crippen LogP contribution in [-0.4, -0.2) is 32.7 Å². The fourth-order valence-electron chi connectivity index (χ4n) is 2.11. The Balaban J connectivity index is 1.57. The number of anilines is 2. The number of hydrogen-bond donors (Lipinski definition) is 3. The number of halogens is 3. The quantitative estimate of drug-likeness (QED) is 0.227. The summed E-state index contributed by atoms with van der Waals surface area (Å²) in [5, 5.41) is 14.5. The highest BCUT2D eigenvalue weighted by molar-refractivity contribution is 7.99. The standard InChI is InChI=1S/C17H14ClF2N7OS/c18-11-5-2-1-4-10(11)8-22-24-16-25-26-17(27(16)21)29-9-14(28)23-15-12(19)6-3-7-13(15)20/h1-8H,9,21H2,(H,23,28)(H,24,25)/b22-8+. The van der Waals surface area contributed by atoms with E-state index in [4.69, 9.17) is 17.4 Å². The molecule has 0 aliphatic rings. The third-order valence-electron chi connectivity index (χ3n) is 3.50. The second kappa shape index (κ2) is 9.34. The van der Waals surface area contributed by atoms with Crippen LogP contribution in [0.5, 0.6) is 0 Å². The lowest BCUT2D eigenvalue weighted by Gasteiger charge is -2.07. The largest absolute Gasteiger partial charge is 0.334 e. The van der Waals surface area contributed by atoms with Crippen molar-refractivity contribution in [3.8, 4) is 0 Å². The van der Waals surface area contributed by atoms with Crippen LogP contribution in [0.3, 0.4) is 0 Å². The Kier molecular flexibility index (Phi) is 6.62. The summed E-state index contributed by atoms with van der Waals surface area (Å²) in [5.74, 6) is 3.42. The first-order valence-electron chi connectivity index (χ1n) is 8.06. The first-order valence-corrected chi connectivity index (χ1v) is 9.43. The fourth-order valence-corrected chi connectivity index (χ4v) is 2.95. The summed E-state index contributed by atoms with van der Waals surface area (Å²) in [7, 11) is 0. The second-order valence-electron chi connectivity index (χ2n) is 5.50. The molecule has 0 saturated carbocycles. The summed E-state index contributed by atoms with van der Waals surface area (Å²) in [4.78, 5) is 12.0. The molecule has 0 atom stereocenters. The van der Waals surface area contributed by atoms with E-state index in [1.807, 2.05) is 6.07 Å². The van der Waals surface area contributed by atoms with Crippen molar-refractivity contribution in [3.63, 3.8) is 0 Å². The Morgan fingerprint density at radius 1 is 1.21 bits per heavy atom. The van der Waals surface area contributed by atoms with E-state index in [9.17, 15) is 13.6 Å². The molecule has 0 aliphatic carbocycles. The molecule has 0 bridgehead atoms. The minimum Gasteiger partial charge on any atom is -0.334 e. The van der Waals surface area contributed by atoms with Gasteiger partial charge in [0.05, 0.1) is 12.0 Å². The van der Waals surface area contributed by atoms with Crippen LogP contribution in [0.25, 0.3) is 0 Å². The monoisotopic (exact) mass is 437 g/mol. The molecule has 2 aromatic carbocycles. The van der Waals surface area contributed by atoms with Gasteiger partial charge in [0.1, 0.15) is 17.3 Å². The number of hydrogen-bond acceptors (Lipinski definition) is 7. The summed E-state index contributed by atoms with van der Waals surface area (Å²) in [6.45, 7) is 0. The molecule has 0 saturated heterocycles. The Hall–Kier alpha value is -3.18. The van der Waals surface area contributed by atoms with Crippen LogP contribution >= 0.6 is 23.4 Å². The lowest BCUT2D eigenvalue weighted by atomic mass is 10.2. The van der Waals surface area contributed by atoms with E-state index < -0.39 is 23.2 Å². The van der Waals surface area contributed by atoms with Crippen LogP contribution in [0.15, 0.2) is 52.7 Å². The average molecular weight is 438 g/mol. The van der Waals surface area contributed by atoms with E-state index in [-0.39, 0.29) is 16.9 Å². The fraction of sp³-hybridized carbons (Fsp3) is 0.0588. The van der Waals surface area contributed by atoms with Crippen LogP contribution in [0, 0.1) is 11.6 Å². The molecule has 29 heavy (non-hydrogen) atoms. The first kappa shape index (κ1) is 20.6. The molecule has 3 rings (SSSR count). The molecule has 0 spiro atoms. The van der Waals surface area contributed by atoms with E-state index in [0.29, 0.717) is 10.6 Å². The van der Waals surface area contributed by atoms with Crippen LogP contribution in [0.1, 0.15) is 5.56 Å². The molecule has 0 unspecified atom stereocenters. The third-order valence-corrected chi connectivity index (χ3v) is 4.78. The number of carbonyl (C=O) groups excluding carboxylic acids is 1. The van der Waals surface area contributed by atoms with Gasteiger partial charge in [-0.2, -0.15) is 5.10 Å². The number of thioether (sulfide) groups is 1. The molecule has 150 valence electrons. The molecule has 8 nitrogen and oxygen atoms in total. The van der Waals surface area contributed by atoms with Gasteiger partial charge in [-0.3, -0.25) is 4.79 Å². The van der Waals surface area contributed by atoms with Crippen molar-refractivity contribution in [2.75, 3.05) is 22.3 Å². The molecule has 12 heteroatoms.